The first kappa shape index (κ1) is 23.3. The van der Waals surface area contributed by atoms with Crippen molar-refractivity contribution in [2.45, 2.75) is 25.9 Å². The Morgan fingerprint density at radius 1 is 1.12 bits per heavy atom. The van der Waals surface area contributed by atoms with E-state index in [0.29, 0.717) is 37.8 Å². The van der Waals surface area contributed by atoms with Crippen LogP contribution in [0.2, 0.25) is 0 Å². The lowest BCUT2D eigenvalue weighted by molar-refractivity contribution is -0.108. The number of carbonyl (C=O) groups excluding carboxylic acids is 1. The number of aryl methyl sites for hydroxylation is 1. The summed E-state index contributed by atoms with van der Waals surface area (Å²) in [6.07, 6.45) is 3.63. The number of rotatable bonds is 10. The summed E-state index contributed by atoms with van der Waals surface area (Å²) in [6.45, 7) is 3.34. The summed E-state index contributed by atoms with van der Waals surface area (Å²) in [4.78, 5) is 20.2. The van der Waals surface area contributed by atoms with Crippen LogP contribution in [0.4, 0.5) is 5.82 Å². The van der Waals surface area contributed by atoms with Crippen LogP contribution in [0.3, 0.4) is 0 Å². The number of aliphatic imine (C=N–C) groups is 1. The standard InChI is InChI=1S/C26H29N5O3/c1-19-9-10-22(34-14-6-13-33-2)17-23(19)21-11-12-27-24(16-21)31-25(29-26(30-31)28-18-32)15-20-7-4-3-5-8-20/h3-5,7-12,16-18,25H,6,13-15H2,1-2H3,(H2,28,29,30,32). The maximum absolute atomic E-state index is 11.0. The van der Waals surface area contributed by atoms with Crippen LogP contribution in [0.5, 0.6) is 5.75 Å². The van der Waals surface area contributed by atoms with E-state index in [4.69, 9.17) is 9.47 Å². The monoisotopic (exact) mass is 459 g/mol. The molecule has 0 bridgehead atoms. The molecule has 176 valence electrons. The maximum atomic E-state index is 11.0. The van der Waals surface area contributed by atoms with Crippen LogP contribution >= 0.6 is 0 Å². The number of guanidine groups is 1. The smallest absolute Gasteiger partial charge is 0.219 e. The van der Waals surface area contributed by atoms with Crippen LogP contribution in [-0.4, -0.2) is 43.8 Å². The van der Waals surface area contributed by atoms with Crippen molar-refractivity contribution >= 4 is 18.2 Å². The number of amides is 1. The minimum absolute atomic E-state index is 0.260. The van der Waals surface area contributed by atoms with Crippen molar-refractivity contribution in [3.63, 3.8) is 0 Å². The average Bonchev–Trinajstić information content (AvgIpc) is 3.26. The predicted octanol–water partition coefficient (Wildman–Crippen LogP) is 3.47. The van der Waals surface area contributed by atoms with Gasteiger partial charge >= 0.3 is 0 Å². The molecule has 1 aromatic heterocycles. The summed E-state index contributed by atoms with van der Waals surface area (Å²) in [5.41, 5.74) is 7.52. The largest absolute Gasteiger partial charge is 0.493 e. The highest BCUT2D eigenvalue weighted by Crippen LogP contribution is 2.30. The molecule has 0 radical (unpaired) electrons. The zero-order chi connectivity index (χ0) is 23.8. The number of nitrogens with zero attached hydrogens (tertiary/aromatic N) is 3. The van der Waals surface area contributed by atoms with Crippen molar-refractivity contribution in [3.05, 3.63) is 78.0 Å². The molecule has 0 saturated heterocycles. The molecule has 1 atom stereocenters. The Hall–Kier alpha value is -3.91. The number of methoxy groups -OCH3 is 1. The first-order valence-corrected chi connectivity index (χ1v) is 11.2. The molecule has 3 aromatic rings. The van der Waals surface area contributed by atoms with E-state index in [1.54, 1.807) is 13.3 Å². The van der Waals surface area contributed by atoms with E-state index in [1.165, 1.54) is 0 Å². The Labute approximate surface area is 199 Å². The van der Waals surface area contributed by atoms with Gasteiger partial charge in [0.2, 0.25) is 12.4 Å². The number of aromatic nitrogens is 1. The third kappa shape index (κ3) is 5.71. The topological polar surface area (TPSA) is 88.1 Å². The summed E-state index contributed by atoms with van der Waals surface area (Å²) in [6, 6.07) is 20.2. The van der Waals surface area contributed by atoms with Crippen molar-refractivity contribution in [1.29, 1.82) is 0 Å². The summed E-state index contributed by atoms with van der Waals surface area (Å²) in [5.74, 6) is 1.92. The van der Waals surface area contributed by atoms with Crippen molar-refractivity contribution in [2.75, 3.05) is 25.3 Å². The van der Waals surface area contributed by atoms with E-state index < -0.39 is 0 Å². The highest BCUT2D eigenvalue weighted by molar-refractivity contribution is 5.91. The molecule has 1 aliphatic heterocycles. The molecular weight excluding hydrogens is 430 g/mol. The van der Waals surface area contributed by atoms with Gasteiger partial charge in [-0.3, -0.25) is 15.5 Å². The molecule has 8 nitrogen and oxygen atoms in total. The van der Waals surface area contributed by atoms with Crippen molar-refractivity contribution in [1.82, 2.24) is 15.7 Å². The Morgan fingerprint density at radius 2 is 1.97 bits per heavy atom. The van der Waals surface area contributed by atoms with Crippen LogP contribution in [0.25, 0.3) is 11.1 Å². The lowest BCUT2D eigenvalue weighted by Crippen LogP contribution is -2.46. The first-order chi connectivity index (χ1) is 16.7. The van der Waals surface area contributed by atoms with Gasteiger partial charge in [-0.15, -0.1) is 0 Å². The van der Waals surface area contributed by atoms with Gasteiger partial charge in [0.05, 0.1) is 6.61 Å². The number of ether oxygens (including phenoxy) is 2. The molecule has 1 aliphatic rings. The Balaban J connectivity index is 1.58. The predicted molar refractivity (Wildman–Crippen MR) is 133 cm³/mol. The van der Waals surface area contributed by atoms with Crippen molar-refractivity contribution < 1.29 is 14.3 Å². The fourth-order valence-corrected chi connectivity index (χ4v) is 3.83. The Morgan fingerprint density at radius 3 is 2.76 bits per heavy atom. The molecule has 1 amide bonds. The summed E-state index contributed by atoms with van der Waals surface area (Å²) in [5, 5.41) is 4.49. The fraction of sp³-hybridized carbons (Fsp3) is 0.269. The van der Waals surface area contributed by atoms with Gasteiger partial charge in [-0.05, 0) is 53.4 Å². The fourth-order valence-electron chi connectivity index (χ4n) is 3.83. The number of anilines is 1. The van der Waals surface area contributed by atoms with E-state index in [0.717, 1.165) is 34.4 Å². The second kappa shape index (κ2) is 11.3. The van der Waals surface area contributed by atoms with Crippen LogP contribution in [0.1, 0.15) is 17.5 Å². The zero-order valence-electron chi connectivity index (χ0n) is 19.4. The highest BCUT2D eigenvalue weighted by Gasteiger charge is 2.28. The van der Waals surface area contributed by atoms with E-state index in [9.17, 15) is 4.79 Å². The Kier molecular flexibility index (Phi) is 7.72. The molecule has 4 rings (SSSR count). The summed E-state index contributed by atoms with van der Waals surface area (Å²) >= 11 is 0. The number of nitrogens with one attached hydrogen (secondary N) is 2. The lowest BCUT2D eigenvalue weighted by atomic mass is 10.0. The number of benzene rings is 2. The Bertz CT molecular complexity index is 1140. The van der Waals surface area contributed by atoms with Gasteiger partial charge in [0.1, 0.15) is 17.7 Å². The maximum Gasteiger partial charge on any atom is 0.219 e. The van der Waals surface area contributed by atoms with Gasteiger partial charge < -0.3 is 9.47 Å². The van der Waals surface area contributed by atoms with Gasteiger partial charge in [0.15, 0.2) is 0 Å². The minimum Gasteiger partial charge on any atom is -0.493 e. The molecule has 0 fully saturated rings. The second-order valence-corrected chi connectivity index (χ2v) is 7.97. The van der Waals surface area contributed by atoms with Crippen LogP contribution < -0.4 is 20.5 Å². The van der Waals surface area contributed by atoms with Crippen LogP contribution in [0, 0.1) is 6.92 Å². The van der Waals surface area contributed by atoms with Crippen LogP contribution in [0.15, 0.2) is 71.9 Å². The zero-order valence-corrected chi connectivity index (χ0v) is 19.4. The molecule has 1 unspecified atom stereocenters. The normalized spacial score (nSPS) is 14.9. The summed E-state index contributed by atoms with van der Waals surface area (Å²) < 4.78 is 11.0. The second-order valence-electron chi connectivity index (χ2n) is 7.97. The van der Waals surface area contributed by atoms with E-state index in [1.807, 2.05) is 41.4 Å². The lowest BCUT2D eigenvalue weighted by Gasteiger charge is -2.24. The SMILES string of the molecule is COCCCOc1ccc(C)c(-c2ccnc(N3NC(NC=O)=NC3Cc3ccccc3)c2)c1. The molecule has 0 saturated carbocycles. The van der Waals surface area contributed by atoms with E-state index >= 15 is 0 Å². The third-order valence-corrected chi connectivity index (χ3v) is 5.53. The van der Waals surface area contributed by atoms with Crippen molar-refractivity contribution in [3.8, 4) is 16.9 Å². The van der Waals surface area contributed by atoms with Gasteiger partial charge in [-0.25, -0.2) is 15.0 Å². The third-order valence-electron chi connectivity index (χ3n) is 5.53. The molecule has 2 aromatic carbocycles. The highest BCUT2D eigenvalue weighted by atomic mass is 16.5. The van der Waals surface area contributed by atoms with Gasteiger partial charge in [-0.2, -0.15) is 0 Å². The number of pyridine rings is 1. The molecule has 0 aliphatic carbocycles. The van der Waals surface area contributed by atoms with Crippen molar-refractivity contribution in [2.24, 2.45) is 4.99 Å². The minimum atomic E-state index is -0.260. The number of hydrazine groups is 1. The van der Waals surface area contributed by atoms with Crippen LogP contribution in [-0.2, 0) is 16.0 Å². The first-order valence-electron chi connectivity index (χ1n) is 11.2. The number of hydrogen-bond acceptors (Lipinski definition) is 7. The molecular formula is C26H29N5O3. The molecule has 0 spiro atoms. The average molecular weight is 460 g/mol. The van der Waals surface area contributed by atoms with E-state index in [2.05, 4.69) is 51.9 Å². The molecule has 2 N–H and O–H groups in total. The summed E-state index contributed by atoms with van der Waals surface area (Å²) in [7, 11) is 1.69. The quantitative estimate of drug-likeness (QED) is 0.357. The van der Waals surface area contributed by atoms with E-state index in [-0.39, 0.29) is 6.17 Å². The molecule has 34 heavy (non-hydrogen) atoms. The van der Waals surface area contributed by atoms with Gasteiger partial charge in [-0.1, -0.05) is 36.4 Å². The van der Waals surface area contributed by atoms with Gasteiger partial charge in [0.25, 0.3) is 0 Å². The molecule has 8 heteroatoms. The molecule has 2 heterocycles. The number of hydrogen-bond donors (Lipinski definition) is 2. The number of carbonyl (C=O) groups is 1. The van der Waals surface area contributed by atoms with Gasteiger partial charge in [0, 0.05) is 32.8 Å².